The maximum atomic E-state index is 12.5. The summed E-state index contributed by atoms with van der Waals surface area (Å²) in [5, 5.41) is 7.13. The fourth-order valence-corrected chi connectivity index (χ4v) is 3.55. The molecular formula is C18H25N5O. The first kappa shape index (κ1) is 16.6. The summed E-state index contributed by atoms with van der Waals surface area (Å²) in [4.78, 5) is 16.4. The molecule has 0 radical (unpaired) electrons. The van der Waals surface area contributed by atoms with Gasteiger partial charge in [0.25, 0.3) is 0 Å². The predicted molar refractivity (Wildman–Crippen MR) is 93.4 cm³/mol. The van der Waals surface area contributed by atoms with E-state index in [0.29, 0.717) is 19.5 Å². The van der Waals surface area contributed by atoms with Gasteiger partial charge >= 0.3 is 0 Å². The average molecular weight is 327 g/mol. The van der Waals surface area contributed by atoms with Crippen molar-refractivity contribution in [1.82, 2.24) is 14.8 Å². The number of benzene rings is 1. The summed E-state index contributed by atoms with van der Waals surface area (Å²) in [7, 11) is 0. The smallest absolute Gasteiger partial charge is 0.224 e. The van der Waals surface area contributed by atoms with Gasteiger partial charge in [-0.1, -0.05) is 31.4 Å². The van der Waals surface area contributed by atoms with Crippen LogP contribution in [0.5, 0.6) is 0 Å². The molecule has 0 unspecified atom stereocenters. The summed E-state index contributed by atoms with van der Waals surface area (Å²) in [5.41, 5.74) is 7.86. The van der Waals surface area contributed by atoms with Crippen LogP contribution in [0.4, 0.5) is 5.69 Å². The van der Waals surface area contributed by atoms with Crippen LogP contribution >= 0.6 is 0 Å². The average Bonchev–Trinajstić information content (AvgIpc) is 3.09. The normalized spacial score (nSPS) is 16.7. The second-order valence-corrected chi connectivity index (χ2v) is 6.78. The summed E-state index contributed by atoms with van der Waals surface area (Å²) in [6.07, 6.45) is 9.44. The third-order valence-electron chi connectivity index (χ3n) is 4.90. The Labute approximate surface area is 142 Å². The minimum absolute atomic E-state index is 0.0132. The second-order valence-electron chi connectivity index (χ2n) is 6.78. The number of amides is 1. The first-order chi connectivity index (χ1) is 11.7. The topological polar surface area (TPSA) is 85.8 Å². The summed E-state index contributed by atoms with van der Waals surface area (Å²) in [6, 6.07) is 7.86. The Bertz CT molecular complexity index is 662. The molecule has 1 saturated carbocycles. The van der Waals surface area contributed by atoms with Gasteiger partial charge in [-0.05, 0) is 42.5 Å². The molecule has 0 aliphatic heterocycles. The highest BCUT2D eigenvalue weighted by Crippen LogP contribution is 2.38. The van der Waals surface area contributed by atoms with E-state index in [0.717, 1.165) is 24.1 Å². The SMILES string of the molecule is NCC1(CC(=O)Nc2cccc(Cn3cncn3)c2)CCCCC1. The minimum Gasteiger partial charge on any atom is -0.330 e. The lowest BCUT2D eigenvalue weighted by molar-refractivity contribution is -0.118. The first-order valence-corrected chi connectivity index (χ1v) is 8.60. The molecule has 1 aliphatic rings. The van der Waals surface area contributed by atoms with Gasteiger partial charge in [0.15, 0.2) is 0 Å². The highest BCUT2D eigenvalue weighted by atomic mass is 16.1. The number of hydrogen-bond donors (Lipinski definition) is 2. The van der Waals surface area contributed by atoms with Gasteiger partial charge in [-0.2, -0.15) is 5.10 Å². The molecule has 128 valence electrons. The molecule has 0 spiro atoms. The summed E-state index contributed by atoms with van der Waals surface area (Å²) in [6.45, 7) is 1.23. The molecule has 0 bridgehead atoms. The number of nitrogens with two attached hydrogens (primary N) is 1. The van der Waals surface area contributed by atoms with Gasteiger partial charge in [0.05, 0.1) is 6.54 Å². The van der Waals surface area contributed by atoms with E-state index in [1.807, 2.05) is 24.3 Å². The van der Waals surface area contributed by atoms with Crippen LogP contribution in [0.1, 0.15) is 44.1 Å². The molecule has 6 nitrogen and oxygen atoms in total. The zero-order chi connectivity index (χ0) is 16.8. The van der Waals surface area contributed by atoms with E-state index in [2.05, 4.69) is 15.4 Å². The largest absolute Gasteiger partial charge is 0.330 e. The molecule has 2 aromatic rings. The molecule has 1 heterocycles. The molecular weight excluding hydrogens is 302 g/mol. The molecule has 1 amide bonds. The number of carbonyl (C=O) groups excluding carboxylic acids is 1. The Hall–Kier alpha value is -2.21. The Morgan fingerprint density at radius 2 is 2.12 bits per heavy atom. The number of rotatable bonds is 6. The molecule has 1 aliphatic carbocycles. The van der Waals surface area contributed by atoms with Crippen LogP contribution in [-0.2, 0) is 11.3 Å². The van der Waals surface area contributed by atoms with Crippen LogP contribution in [0.15, 0.2) is 36.9 Å². The van der Waals surface area contributed by atoms with Crippen LogP contribution in [-0.4, -0.2) is 27.2 Å². The van der Waals surface area contributed by atoms with E-state index < -0.39 is 0 Å². The van der Waals surface area contributed by atoms with E-state index in [-0.39, 0.29) is 11.3 Å². The lowest BCUT2D eigenvalue weighted by atomic mass is 9.71. The monoisotopic (exact) mass is 327 g/mol. The zero-order valence-electron chi connectivity index (χ0n) is 13.9. The maximum absolute atomic E-state index is 12.5. The van der Waals surface area contributed by atoms with E-state index >= 15 is 0 Å². The number of anilines is 1. The van der Waals surface area contributed by atoms with Crippen LogP contribution in [0.3, 0.4) is 0 Å². The summed E-state index contributed by atoms with van der Waals surface area (Å²) < 4.78 is 1.76. The number of hydrogen-bond acceptors (Lipinski definition) is 4. The fourth-order valence-electron chi connectivity index (χ4n) is 3.55. The van der Waals surface area contributed by atoms with Crippen LogP contribution in [0, 0.1) is 5.41 Å². The molecule has 1 aromatic heterocycles. The number of carbonyl (C=O) groups is 1. The third-order valence-corrected chi connectivity index (χ3v) is 4.90. The van der Waals surface area contributed by atoms with E-state index in [4.69, 9.17) is 5.73 Å². The highest BCUT2D eigenvalue weighted by Gasteiger charge is 2.32. The van der Waals surface area contributed by atoms with Crippen molar-refractivity contribution in [2.24, 2.45) is 11.1 Å². The molecule has 3 rings (SSSR count). The highest BCUT2D eigenvalue weighted by molar-refractivity contribution is 5.91. The summed E-state index contributed by atoms with van der Waals surface area (Å²) >= 11 is 0. The van der Waals surface area contributed by atoms with E-state index in [1.165, 1.54) is 25.6 Å². The Morgan fingerprint density at radius 1 is 1.29 bits per heavy atom. The van der Waals surface area contributed by atoms with Crippen LogP contribution in [0.2, 0.25) is 0 Å². The van der Waals surface area contributed by atoms with E-state index in [1.54, 1.807) is 11.0 Å². The Kier molecular flexibility index (Phi) is 5.25. The fraction of sp³-hybridized carbons (Fsp3) is 0.500. The van der Waals surface area contributed by atoms with Crippen molar-refractivity contribution in [2.75, 3.05) is 11.9 Å². The van der Waals surface area contributed by atoms with Gasteiger partial charge in [-0.3, -0.25) is 4.79 Å². The summed E-state index contributed by atoms with van der Waals surface area (Å²) in [5.74, 6) is 0.0558. The standard InChI is InChI=1S/C18H25N5O/c19-12-18(7-2-1-3-8-18)10-17(24)22-16-6-4-5-15(9-16)11-23-14-20-13-21-23/h4-6,9,13-14H,1-3,7-8,10-12,19H2,(H,22,24). The van der Waals surface area contributed by atoms with Gasteiger partial charge < -0.3 is 11.1 Å². The van der Waals surface area contributed by atoms with Gasteiger partial charge in [0.2, 0.25) is 5.91 Å². The maximum Gasteiger partial charge on any atom is 0.224 e. The van der Waals surface area contributed by atoms with Crippen LogP contribution in [0.25, 0.3) is 0 Å². The van der Waals surface area contributed by atoms with Gasteiger partial charge in [0, 0.05) is 12.1 Å². The third kappa shape index (κ3) is 4.20. The van der Waals surface area contributed by atoms with Crippen molar-refractivity contribution in [2.45, 2.75) is 45.1 Å². The van der Waals surface area contributed by atoms with Gasteiger partial charge in [0.1, 0.15) is 12.7 Å². The molecule has 24 heavy (non-hydrogen) atoms. The minimum atomic E-state index is -0.0132. The molecule has 3 N–H and O–H groups in total. The Morgan fingerprint density at radius 3 is 2.83 bits per heavy atom. The Balaban J connectivity index is 1.61. The number of nitrogens with one attached hydrogen (secondary N) is 1. The lowest BCUT2D eigenvalue weighted by Crippen LogP contribution is -2.36. The molecule has 1 fully saturated rings. The molecule has 0 saturated heterocycles. The molecule has 0 atom stereocenters. The van der Waals surface area contributed by atoms with Crippen molar-refractivity contribution in [3.05, 3.63) is 42.5 Å². The molecule has 1 aromatic carbocycles. The van der Waals surface area contributed by atoms with Crippen molar-refractivity contribution >= 4 is 11.6 Å². The zero-order valence-corrected chi connectivity index (χ0v) is 13.9. The number of aromatic nitrogens is 3. The van der Waals surface area contributed by atoms with Gasteiger partial charge in [-0.15, -0.1) is 0 Å². The van der Waals surface area contributed by atoms with Crippen LogP contribution < -0.4 is 11.1 Å². The second kappa shape index (κ2) is 7.57. The van der Waals surface area contributed by atoms with Crippen molar-refractivity contribution in [3.8, 4) is 0 Å². The van der Waals surface area contributed by atoms with E-state index in [9.17, 15) is 4.79 Å². The van der Waals surface area contributed by atoms with Gasteiger partial charge in [-0.25, -0.2) is 9.67 Å². The lowest BCUT2D eigenvalue weighted by Gasteiger charge is -2.35. The van der Waals surface area contributed by atoms with Crippen molar-refractivity contribution in [1.29, 1.82) is 0 Å². The van der Waals surface area contributed by atoms with Crippen molar-refractivity contribution in [3.63, 3.8) is 0 Å². The number of nitrogens with zero attached hydrogens (tertiary/aromatic N) is 3. The van der Waals surface area contributed by atoms with Crippen molar-refractivity contribution < 1.29 is 4.79 Å². The predicted octanol–water partition coefficient (Wildman–Crippen LogP) is 2.56. The quantitative estimate of drug-likeness (QED) is 0.854. The molecule has 6 heteroatoms. The first-order valence-electron chi connectivity index (χ1n) is 8.60.